The van der Waals surface area contributed by atoms with Crippen LogP contribution in [-0.2, 0) is 27.9 Å². The maximum Gasteiger partial charge on any atom is 0.472 e. The first-order chi connectivity index (χ1) is 40.9. The van der Waals surface area contributed by atoms with E-state index in [-0.39, 0.29) is 31.5 Å². The van der Waals surface area contributed by atoms with E-state index in [4.69, 9.17) is 13.8 Å². The minimum absolute atomic E-state index is 0.0352. The molecule has 84 heavy (non-hydrogen) atoms. The first kappa shape index (κ1) is 81.2. The van der Waals surface area contributed by atoms with Crippen molar-refractivity contribution in [1.82, 2.24) is 5.32 Å². The normalized spacial score (nSPS) is 14.0. The monoisotopic (exact) mass is 1200 g/mol. The summed E-state index contributed by atoms with van der Waals surface area (Å²) in [4.78, 5) is 37.9. The molecule has 3 unspecified atom stereocenters. The number of rotatable bonds is 64. The van der Waals surface area contributed by atoms with Crippen molar-refractivity contribution in [2.45, 2.75) is 335 Å². The van der Waals surface area contributed by atoms with Gasteiger partial charge in [0.1, 0.15) is 19.3 Å². The quantitative estimate of drug-likeness (QED) is 0.0205. The number of ether oxygens (including phenoxy) is 1. The number of carbonyl (C=O) groups excluding carboxylic acids is 2. The van der Waals surface area contributed by atoms with Gasteiger partial charge in [0.2, 0.25) is 5.91 Å². The molecule has 0 saturated carbocycles. The highest BCUT2D eigenvalue weighted by Gasteiger charge is 2.30. The van der Waals surface area contributed by atoms with Gasteiger partial charge in [-0.15, -0.1) is 0 Å². The number of allylic oxidation sites excluding steroid dienone is 13. The van der Waals surface area contributed by atoms with Gasteiger partial charge in [-0.3, -0.25) is 18.6 Å². The van der Waals surface area contributed by atoms with Gasteiger partial charge < -0.3 is 19.4 Å². The predicted molar refractivity (Wildman–Crippen MR) is 364 cm³/mol. The first-order valence-corrected chi connectivity index (χ1v) is 36.9. The zero-order chi connectivity index (χ0) is 61.4. The third-order valence-electron chi connectivity index (χ3n) is 15.6. The largest absolute Gasteiger partial charge is 0.472 e. The molecular weight excluding hydrogens is 1060 g/mol. The maximum atomic E-state index is 13.6. The lowest BCUT2D eigenvalue weighted by Crippen LogP contribution is -2.47. The van der Waals surface area contributed by atoms with Crippen LogP contribution >= 0.6 is 7.82 Å². The number of amides is 1. The molecule has 0 aliphatic carbocycles. The van der Waals surface area contributed by atoms with Crippen molar-refractivity contribution in [3.05, 3.63) is 85.1 Å². The van der Waals surface area contributed by atoms with Crippen molar-refractivity contribution in [3.8, 4) is 0 Å². The van der Waals surface area contributed by atoms with E-state index in [1.807, 2.05) is 33.3 Å². The number of phosphoric ester groups is 1. The van der Waals surface area contributed by atoms with E-state index in [0.29, 0.717) is 17.4 Å². The molecule has 0 aliphatic heterocycles. The van der Waals surface area contributed by atoms with Crippen LogP contribution in [0.5, 0.6) is 0 Å². The van der Waals surface area contributed by atoms with Crippen LogP contribution in [0.4, 0.5) is 0 Å². The number of phosphoric acid groups is 1. The van der Waals surface area contributed by atoms with Crippen LogP contribution in [0.15, 0.2) is 85.1 Å². The van der Waals surface area contributed by atoms with Crippen molar-refractivity contribution in [3.63, 3.8) is 0 Å². The molecule has 0 aromatic rings. The summed E-state index contributed by atoms with van der Waals surface area (Å²) in [6.45, 7) is 6.92. The van der Waals surface area contributed by atoms with Crippen LogP contribution < -0.4 is 5.32 Å². The van der Waals surface area contributed by atoms with Crippen molar-refractivity contribution in [2.75, 3.05) is 40.9 Å². The van der Waals surface area contributed by atoms with Crippen molar-refractivity contribution < 1.29 is 37.3 Å². The molecule has 0 aromatic carbocycles. The first-order valence-electron chi connectivity index (χ1n) is 35.4. The molecule has 2 N–H and O–H groups in total. The molecule has 9 nitrogen and oxygen atoms in total. The van der Waals surface area contributed by atoms with E-state index in [9.17, 15) is 19.0 Å². The molecule has 1 amide bonds. The Kier molecular flexibility index (Phi) is 61.1. The van der Waals surface area contributed by atoms with E-state index in [0.717, 1.165) is 122 Å². The number of hydrogen-bond donors (Lipinski definition) is 2. The summed E-state index contributed by atoms with van der Waals surface area (Å²) >= 11 is 0. The molecule has 0 bridgehead atoms. The lowest BCUT2D eigenvalue weighted by atomic mass is 10.0. The Morgan fingerprint density at radius 1 is 0.429 bits per heavy atom. The fraction of sp³-hybridized carbons (Fsp3) is 0.784. The molecule has 0 aromatic heterocycles. The molecule has 0 rings (SSSR count). The minimum Gasteiger partial charge on any atom is -0.456 e. The molecule has 10 heteroatoms. The summed E-state index contributed by atoms with van der Waals surface area (Å²) in [6.07, 6.45) is 84.5. The van der Waals surface area contributed by atoms with Gasteiger partial charge in [-0.1, -0.05) is 312 Å². The van der Waals surface area contributed by atoms with Crippen LogP contribution in [0.2, 0.25) is 0 Å². The molecule has 0 saturated heterocycles. The zero-order valence-electron chi connectivity index (χ0n) is 55.9. The molecule has 3 atom stereocenters. The van der Waals surface area contributed by atoms with Gasteiger partial charge in [-0.2, -0.15) is 0 Å². The number of carbonyl (C=O) groups is 2. The van der Waals surface area contributed by atoms with E-state index in [1.54, 1.807) is 0 Å². The summed E-state index contributed by atoms with van der Waals surface area (Å²) in [5, 5.41) is 3.06. The summed E-state index contributed by atoms with van der Waals surface area (Å²) in [7, 11) is 1.49. The van der Waals surface area contributed by atoms with Crippen LogP contribution in [-0.4, -0.2) is 74.3 Å². The topological polar surface area (TPSA) is 111 Å². The van der Waals surface area contributed by atoms with Gasteiger partial charge in [0.05, 0.1) is 33.8 Å². The average Bonchev–Trinajstić information content (AvgIpc) is 3.64. The van der Waals surface area contributed by atoms with E-state index < -0.39 is 20.0 Å². The predicted octanol–water partition coefficient (Wildman–Crippen LogP) is 22.5. The Morgan fingerprint density at radius 3 is 1.14 bits per heavy atom. The minimum atomic E-state index is -4.46. The third kappa shape index (κ3) is 63.7. The number of unbranched alkanes of at least 4 members (excludes halogenated alkanes) is 36. The van der Waals surface area contributed by atoms with Crippen LogP contribution in [0.1, 0.15) is 323 Å². The fourth-order valence-corrected chi connectivity index (χ4v) is 10.9. The summed E-state index contributed by atoms with van der Waals surface area (Å²) in [6, 6.07) is -0.860. The molecule has 0 radical (unpaired) electrons. The Morgan fingerprint density at radius 2 is 0.762 bits per heavy atom. The van der Waals surface area contributed by atoms with Gasteiger partial charge >= 0.3 is 13.8 Å². The van der Waals surface area contributed by atoms with Gasteiger partial charge in [0.15, 0.2) is 0 Å². The van der Waals surface area contributed by atoms with Gasteiger partial charge in [-0.25, -0.2) is 4.57 Å². The molecule has 0 spiro atoms. The zero-order valence-corrected chi connectivity index (χ0v) is 56.8. The highest BCUT2D eigenvalue weighted by molar-refractivity contribution is 7.47. The highest BCUT2D eigenvalue weighted by Crippen LogP contribution is 2.43. The molecule has 0 heterocycles. The number of nitrogens with one attached hydrogen (secondary N) is 1. The number of likely N-dealkylation sites (N-methyl/N-ethyl adjacent to an activating group) is 1. The fourth-order valence-electron chi connectivity index (χ4n) is 10.2. The molecule has 488 valence electrons. The average molecular weight is 1200 g/mol. The number of quaternary nitrogens is 1. The molecule has 0 fully saturated rings. The SMILES string of the molecule is CC/C=C\C/C=C\C/C=C\C/C=C\C/C=C\C/C=C\CCCCCCCCC(=O)NC(COP(=O)(O)OCC[N+](C)(C)C)C(/C=C/CCCCCCCCCCCC)OC(=O)CCCCCCCCCCCCCCCCCCCCCCC. The molecule has 0 aliphatic rings. The van der Waals surface area contributed by atoms with Gasteiger partial charge in [0.25, 0.3) is 0 Å². The van der Waals surface area contributed by atoms with E-state index >= 15 is 0 Å². The van der Waals surface area contributed by atoms with Crippen LogP contribution in [0, 0.1) is 0 Å². The summed E-state index contributed by atoms with van der Waals surface area (Å²) in [5.41, 5.74) is 0. The lowest BCUT2D eigenvalue weighted by Gasteiger charge is -2.27. The maximum absolute atomic E-state index is 13.6. The van der Waals surface area contributed by atoms with E-state index in [1.165, 1.54) is 167 Å². The Balaban J connectivity index is 5.11. The lowest BCUT2D eigenvalue weighted by molar-refractivity contribution is -0.870. The summed E-state index contributed by atoms with van der Waals surface area (Å²) < 4.78 is 30.8. The standard InChI is InChI=1S/C74H135N2O7P/c1-7-10-13-16-19-22-25-28-30-32-34-36-37-38-39-41-42-44-46-48-51-54-57-60-63-66-73(77)75-71(70-82-84(79,80)81-69-68-76(4,5)6)72(65-62-59-56-53-50-27-24-21-18-15-12-9-3)83-74(78)67-64-61-58-55-52-49-47-45-43-40-35-33-31-29-26-23-20-17-14-11-8-2/h10,13,19,22,28,30,34,36,38-39,42,44,62,65,71-72H,7-9,11-12,14-18,20-21,23-27,29,31-33,35,37,40-41,43,45-61,63-64,66-70H2,1-6H3,(H-,75,77,79,80)/p+1/b13-10-,22-19-,30-28-,36-34-,39-38-,44-42-,65-62+. The number of esters is 1. The van der Waals surface area contributed by atoms with Crippen LogP contribution in [0.25, 0.3) is 0 Å². The van der Waals surface area contributed by atoms with Crippen molar-refractivity contribution in [1.29, 1.82) is 0 Å². The third-order valence-corrected chi connectivity index (χ3v) is 16.6. The van der Waals surface area contributed by atoms with Crippen LogP contribution in [0.3, 0.4) is 0 Å². The summed E-state index contributed by atoms with van der Waals surface area (Å²) in [5.74, 6) is -0.513. The van der Waals surface area contributed by atoms with E-state index in [2.05, 4.69) is 99.0 Å². The highest BCUT2D eigenvalue weighted by atomic mass is 31.2. The second kappa shape index (κ2) is 63.2. The Hall–Kier alpha value is -2.81. The molecular formula is C74H136N2O7P+. The smallest absolute Gasteiger partial charge is 0.456 e. The van der Waals surface area contributed by atoms with Gasteiger partial charge in [-0.05, 0) is 83.1 Å². The second-order valence-corrected chi connectivity index (χ2v) is 26.5. The Labute approximate surface area is 520 Å². The van der Waals surface area contributed by atoms with Crippen molar-refractivity contribution >= 4 is 19.7 Å². The number of hydrogen-bond acceptors (Lipinski definition) is 6. The number of nitrogens with zero attached hydrogens (tertiary/aromatic N) is 1. The Bertz CT molecular complexity index is 1710. The van der Waals surface area contributed by atoms with Crippen molar-refractivity contribution in [2.24, 2.45) is 0 Å². The second-order valence-electron chi connectivity index (χ2n) is 25.0. The van der Waals surface area contributed by atoms with Gasteiger partial charge in [0, 0.05) is 12.8 Å².